The lowest BCUT2D eigenvalue weighted by molar-refractivity contribution is 0.119. The number of rotatable bonds is 13. The van der Waals surface area contributed by atoms with Gasteiger partial charge in [-0.05, 0) is 62.5 Å². The summed E-state index contributed by atoms with van der Waals surface area (Å²) in [6, 6.07) is 10.8. The van der Waals surface area contributed by atoms with Crippen molar-refractivity contribution in [2.45, 2.75) is 13.0 Å². The van der Waals surface area contributed by atoms with Gasteiger partial charge in [0.25, 0.3) is 0 Å². The average molecular weight is 621 g/mol. The molecule has 0 spiro atoms. The Balaban J connectivity index is 1.28. The van der Waals surface area contributed by atoms with Gasteiger partial charge in [0.05, 0.1) is 13.2 Å². The van der Waals surface area contributed by atoms with Crippen LogP contribution in [0.4, 0.5) is 26.6 Å². The first-order valence-corrected chi connectivity index (χ1v) is 14.5. The van der Waals surface area contributed by atoms with Gasteiger partial charge in [-0.2, -0.15) is 4.98 Å². The molecule has 10 nitrogen and oxygen atoms in total. The molecule has 1 aliphatic rings. The molecular formula is C29H36Cl2FN7O3. The molecule has 0 bridgehead atoms. The topological polar surface area (TPSA) is 97.3 Å². The number of carbonyl (C=O) groups is 1. The number of halogens is 3. The molecule has 0 unspecified atom stereocenters. The maximum atomic E-state index is 14.8. The van der Waals surface area contributed by atoms with Gasteiger partial charge < -0.3 is 25.0 Å². The van der Waals surface area contributed by atoms with Gasteiger partial charge in [0.15, 0.2) is 11.6 Å². The first-order valence-electron chi connectivity index (χ1n) is 13.7. The highest BCUT2D eigenvalue weighted by Crippen LogP contribution is 2.26. The molecule has 1 saturated heterocycles. The molecule has 42 heavy (non-hydrogen) atoms. The third kappa shape index (κ3) is 9.40. The molecule has 1 aliphatic heterocycles. The van der Waals surface area contributed by atoms with Gasteiger partial charge in [0, 0.05) is 73.8 Å². The first kappa shape index (κ1) is 31.7. The Bertz CT molecular complexity index is 1340. The van der Waals surface area contributed by atoms with Crippen LogP contribution >= 0.6 is 23.2 Å². The molecule has 3 aromatic rings. The van der Waals surface area contributed by atoms with E-state index in [2.05, 4.69) is 44.1 Å². The molecule has 226 valence electrons. The quantitative estimate of drug-likeness (QED) is 0.247. The molecular weight excluding hydrogens is 584 g/mol. The van der Waals surface area contributed by atoms with Crippen LogP contribution in [-0.2, 0) is 6.54 Å². The number of nitrogens with one attached hydrogen (secondary N) is 1. The predicted octanol–water partition coefficient (Wildman–Crippen LogP) is 5.30. The second kappa shape index (κ2) is 15.3. The maximum absolute atomic E-state index is 14.8. The van der Waals surface area contributed by atoms with Crippen molar-refractivity contribution in [3.05, 3.63) is 70.1 Å². The van der Waals surface area contributed by atoms with Crippen molar-refractivity contribution in [2.24, 2.45) is 0 Å². The predicted molar refractivity (Wildman–Crippen MR) is 164 cm³/mol. The van der Waals surface area contributed by atoms with E-state index in [9.17, 15) is 14.3 Å². The molecule has 0 aliphatic carbocycles. The molecule has 1 aromatic heterocycles. The normalized spacial score (nSPS) is 14.2. The van der Waals surface area contributed by atoms with Gasteiger partial charge in [-0.3, -0.25) is 9.80 Å². The van der Waals surface area contributed by atoms with Crippen molar-refractivity contribution in [1.29, 1.82) is 0 Å². The molecule has 13 heteroatoms. The van der Waals surface area contributed by atoms with Crippen molar-refractivity contribution in [3.63, 3.8) is 0 Å². The Morgan fingerprint density at radius 1 is 1.07 bits per heavy atom. The van der Waals surface area contributed by atoms with Gasteiger partial charge in [0.1, 0.15) is 5.82 Å². The van der Waals surface area contributed by atoms with E-state index in [-0.39, 0.29) is 24.1 Å². The lowest BCUT2D eigenvalue weighted by atomic mass is 10.2. The Morgan fingerprint density at radius 3 is 2.50 bits per heavy atom. The van der Waals surface area contributed by atoms with E-state index >= 15 is 0 Å². The molecule has 2 N–H and O–H groups in total. The summed E-state index contributed by atoms with van der Waals surface area (Å²) < 4.78 is 20.5. The number of carboxylic acid groups (broad SMARTS) is 1. The molecule has 4 rings (SSSR count). The SMILES string of the molecule is CN(C)CCN1CCN(CCCOc2ccc(Nc3nccc(N(Cc4cc(Cl)ccc4Cl)C(=O)O)n3)cc2F)CC1. The summed E-state index contributed by atoms with van der Waals surface area (Å²) in [5, 5.41) is 13.5. The van der Waals surface area contributed by atoms with Crippen LogP contribution in [0, 0.1) is 5.82 Å². The molecule has 1 fully saturated rings. The van der Waals surface area contributed by atoms with E-state index in [0.29, 0.717) is 27.9 Å². The average Bonchev–Trinajstić information content (AvgIpc) is 2.96. The molecule has 1 amide bonds. The number of benzene rings is 2. The number of likely N-dealkylation sites (N-methyl/N-ethyl adjacent to an activating group) is 1. The zero-order valence-electron chi connectivity index (χ0n) is 23.8. The third-order valence-corrected chi connectivity index (χ3v) is 7.48. The number of nitrogens with zero attached hydrogens (tertiary/aromatic N) is 6. The van der Waals surface area contributed by atoms with Gasteiger partial charge in [-0.1, -0.05) is 23.2 Å². The van der Waals surface area contributed by atoms with E-state index in [1.807, 2.05) is 0 Å². The number of anilines is 3. The summed E-state index contributed by atoms with van der Waals surface area (Å²) >= 11 is 12.3. The van der Waals surface area contributed by atoms with E-state index < -0.39 is 11.9 Å². The molecule has 0 atom stereocenters. The minimum Gasteiger partial charge on any atom is -0.490 e. The molecule has 2 heterocycles. The maximum Gasteiger partial charge on any atom is 0.413 e. The van der Waals surface area contributed by atoms with Crippen LogP contribution in [0.25, 0.3) is 0 Å². The van der Waals surface area contributed by atoms with E-state index in [0.717, 1.165) is 57.1 Å². The second-order valence-corrected chi connectivity index (χ2v) is 11.1. The third-order valence-electron chi connectivity index (χ3n) is 6.88. The van der Waals surface area contributed by atoms with Crippen molar-refractivity contribution < 1.29 is 19.0 Å². The smallest absolute Gasteiger partial charge is 0.413 e. The summed E-state index contributed by atoms with van der Waals surface area (Å²) in [6.07, 6.45) is 0.987. The van der Waals surface area contributed by atoms with Crippen LogP contribution in [0.2, 0.25) is 10.0 Å². The minimum atomic E-state index is -1.23. The van der Waals surface area contributed by atoms with Crippen LogP contribution < -0.4 is 15.0 Å². The van der Waals surface area contributed by atoms with Crippen LogP contribution in [0.3, 0.4) is 0 Å². The summed E-state index contributed by atoms with van der Waals surface area (Å²) in [6.45, 7) is 7.60. The number of hydrogen-bond donors (Lipinski definition) is 2. The number of ether oxygens (including phenoxy) is 1. The zero-order valence-corrected chi connectivity index (χ0v) is 25.3. The fraction of sp³-hybridized carbons (Fsp3) is 0.414. The van der Waals surface area contributed by atoms with Gasteiger partial charge in [0.2, 0.25) is 5.95 Å². The highest BCUT2D eigenvalue weighted by Gasteiger charge is 2.19. The summed E-state index contributed by atoms with van der Waals surface area (Å²) in [5.74, 6) is -0.134. The van der Waals surface area contributed by atoms with Crippen LogP contribution in [-0.4, -0.2) is 102 Å². The number of piperazine rings is 1. The van der Waals surface area contributed by atoms with Gasteiger partial charge in [-0.25, -0.2) is 14.2 Å². The van der Waals surface area contributed by atoms with Crippen molar-refractivity contribution in [2.75, 3.05) is 76.7 Å². The lowest BCUT2D eigenvalue weighted by Crippen LogP contribution is -2.48. The highest BCUT2D eigenvalue weighted by atomic mass is 35.5. The second-order valence-electron chi connectivity index (χ2n) is 10.3. The van der Waals surface area contributed by atoms with Crippen molar-refractivity contribution in [1.82, 2.24) is 24.7 Å². The number of hydrogen-bond acceptors (Lipinski definition) is 8. The molecule has 0 radical (unpaired) electrons. The van der Waals surface area contributed by atoms with Gasteiger partial charge in [-0.15, -0.1) is 0 Å². The fourth-order valence-electron chi connectivity index (χ4n) is 4.51. The Morgan fingerprint density at radius 2 is 1.81 bits per heavy atom. The number of amides is 1. The summed E-state index contributed by atoms with van der Waals surface area (Å²) in [5.41, 5.74) is 0.916. The van der Waals surface area contributed by atoms with Crippen molar-refractivity contribution >= 4 is 46.7 Å². The van der Waals surface area contributed by atoms with E-state index in [1.165, 1.54) is 18.3 Å². The highest BCUT2D eigenvalue weighted by molar-refractivity contribution is 6.33. The van der Waals surface area contributed by atoms with Crippen molar-refractivity contribution in [3.8, 4) is 5.75 Å². The van der Waals surface area contributed by atoms with Crippen LogP contribution in [0.15, 0.2) is 48.7 Å². The summed E-state index contributed by atoms with van der Waals surface area (Å²) in [4.78, 5) is 28.6. The zero-order chi connectivity index (χ0) is 30.1. The fourth-order valence-corrected chi connectivity index (χ4v) is 4.89. The Kier molecular flexibility index (Phi) is 11.6. The lowest BCUT2D eigenvalue weighted by Gasteiger charge is -2.35. The van der Waals surface area contributed by atoms with E-state index in [1.54, 1.807) is 30.3 Å². The molecule has 2 aromatic carbocycles. The standard InChI is InChI=1S/C29H36Cl2FN7O3/c1-36(2)11-12-38-15-13-37(14-16-38)10-3-17-42-26-7-5-23(19-25(26)32)34-28-33-9-8-27(35-28)39(29(40)41)20-21-18-22(30)4-6-24(21)31/h4-9,18-19H,3,10-17,20H2,1-2H3,(H,40,41)(H,33,34,35). The summed E-state index contributed by atoms with van der Waals surface area (Å²) in [7, 11) is 4.19. The largest absolute Gasteiger partial charge is 0.490 e. The Hall–Kier alpha value is -3.22. The number of aromatic nitrogens is 2. The monoisotopic (exact) mass is 619 g/mol. The van der Waals surface area contributed by atoms with Crippen LogP contribution in [0.5, 0.6) is 5.75 Å². The minimum absolute atomic E-state index is 0.0706. The molecule has 0 saturated carbocycles. The Labute approximate surface area is 255 Å². The first-order chi connectivity index (χ1) is 20.2. The van der Waals surface area contributed by atoms with E-state index in [4.69, 9.17) is 27.9 Å². The van der Waals surface area contributed by atoms with Gasteiger partial charge >= 0.3 is 6.09 Å². The van der Waals surface area contributed by atoms with Crippen LogP contribution in [0.1, 0.15) is 12.0 Å².